The number of benzene rings is 1. The number of hydrogen-bond acceptors (Lipinski definition) is 2. The summed E-state index contributed by atoms with van der Waals surface area (Å²) in [7, 11) is 0. The van der Waals surface area contributed by atoms with Gasteiger partial charge in [-0.1, -0.05) is 24.4 Å². The lowest BCUT2D eigenvalue weighted by atomic mass is 10.1. The molecule has 3 rings (SSSR count). The van der Waals surface area contributed by atoms with Gasteiger partial charge in [-0.3, -0.25) is 0 Å². The summed E-state index contributed by atoms with van der Waals surface area (Å²) < 4.78 is 0. The molecule has 16 heavy (non-hydrogen) atoms. The molecule has 0 spiro atoms. The van der Waals surface area contributed by atoms with Gasteiger partial charge >= 0.3 is 0 Å². The van der Waals surface area contributed by atoms with Crippen molar-refractivity contribution in [2.24, 2.45) is 5.73 Å². The number of halogens is 1. The van der Waals surface area contributed by atoms with Crippen molar-refractivity contribution < 1.29 is 0 Å². The molecule has 1 aliphatic carbocycles. The van der Waals surface area contributed by atoms with Gasteiger partial charge in [0.1, 0.15) is 0 Å². The van der Waals surface area contributed by atoms with Crippen molar-refractivity contribution in [1.29, 1.82) is 0 Å². The van der Waals surface area contributed by atoms with Gasteiger partial charge in [0.2, 0.25) is 0 Å². The average molecular weight is 237 g/mol. The van der Waals surface area contributed by atoms with Crippen molar-refractivity contribution in [3.05, 3.63) is 28.8 Å². The number of anilines is 1. The Hall–Kier alpha value is -0.730. The van der Waals surface area contributed by atoms with Crippen LogP contribution < -0.4 is 10.6 Å². The number of hydrogen-bond donors (Lipinski definition) is 1. The molecule has 1 heterocycles. The van der Waals surface area contributed by atoms with E-state index in [1.807, 2.05) is 12.1 Å². The lowest BCUT2D eigenvalue weighted by molar-refractivity contribution is 0.597. The van der Waals surface area contributed by atoms with E-state index in [1.165, 1.54) is 36.9 Å². The van der Waals surface area contributed by atoms with E-state index < -0.39 is 0 Å². The smallest absolute Gasteiger partial charge is 0.0494 e. The van der Waals surface area contributed by atoms with Crippen molar-refractivity contribution in [3.8, 4) is 0 Å². The predicted molar refractivity (Wildman–Crippen MR) is 68.0 cm³/mol. The third-order valence-electron chi connectivity index (χ3n) is 3.86. The third kappa shape index (κ3) is 1.61. The largest absolute Gasteiger partial charge is 0.366 e. The lowest BCUT2D eigenvalue weighted by Gasteiger charge is -2.26. The molecule has 3 heteroatoms. The zero-order valence-corrected chi connectivity index (χ0v) is 10.1. The van der Waals surface area contributed by atoms with Crippen LogP contribution in [0.15, 0.2) is 18.2 Å². The van der Waals surface area contributed by atoms with Gasteiger partial charge in [0, 0.05) is 29.3 Å². The predicted octanol–water partition coefficient (Wildman–Crippen LogP) is 3.10. The van der Waals surface area contributed by atoms with Gasteiger partial charge in [-0.25, -0.2) is 0 Å². The summed E-state index contributed by atoms with van der Waals surface area (Å²) in [5.74, 6) is 0. The summed E-state index contributed by atoms with van der Waals surface area (Å²) in [6.45, 7) is 0.959. The van der Waals surface area contributed by atoms with Gasteiger partial charge in [0.25, 0.3) is 0 Å². The van der Waals surface area contributed by atoms with E-state index in [9.17, 15) is 0 Å². The highest BCUT2D eigenvalue weighted by Gasteiger charge is 2.32. The molecule has 0 bridgehead atoms. The summed E-state index contributed by atoms with van der Waals surface area (Å²) in [4.78, 5) is 2.49. The fraction of sp³-hybridized carbons (Fsp3) is 0.538. The topological polar surface area (TPSA) is 29.3 Å². The highest BCUT2D eigenvalue weighted by molar-refractivity contribution is 6.30. The lowest BCUT2D eigenvalue weighted by Crippen LogP contribution is -2.33. The van der Waals surface area contributed by atoms with E-state index in [4.69, 9.17) is 17.3 Å². The Bertz CT molecular complexity index is 399. The van der Waals surface area contributed by atoms with Crippen LogP contribution in [0.2, 0.25) is 5.02 Å². The van der Waals surface area contributed by atoms with Gasteiger partial charge < -0.3 is 10.6 Å². The van der Waals surface area contributed by atoms with Crippen LogP contribution in [0.3, 0.4) is 0 Å². The number of nitrogens with two attached hydrogens (primary N) is 1. The van der Waals surface area contributed by atoms with Gasteiger partial charge in [0.15, 0.2) is 0 Å². The third-order valence-corrected chi connectivity index (χ3v) is 4.09. The molecule has 2 aliphatic rings. The molecule has 1 atom stereocenters. The summed E-state index contributed by atoms with van der Waals surface area (Å²) >= 11 is 6.02. The highest BCUT2D eigenvalue weighted by Crippen LogP contribution is 2.39. The highest BCUT2D eigenvalue weighted by atomic mass is 35.5. The molecular formula is C13H17ClN2. The molecule has 1 aromatic carbocycles. The van der Waals surface area contributed by atoms with Crippen molar-refractivity contribution in [2.75, 3.05) is 11.4 Å². The Kier molecular flexibility index (Phi) is 2.56. The molecule has 1 aromatic rings. The summed E-state index contributed by atoms with van der Waals surface area (Å²) in [5, 5.41) is 0.794. The van der Waals surface area contributed by atoms with Crippen molar-refractivity contribution in [2.45, 2.75) is 37.8 Å². The Morgan fingerprint density at radius 1 is 1.25 bits per heavy atom. The van der Waals surface area contributed by atoms with E-state index in [2.05, 4.69) is 11.0 Å². The van der Waals surface area contributed by atoms with E-state index in [0.717, 1.165) is 11.6 Å². The summed E-state index contributed by atoms with van der Waals surface area (Å²) in [5.41, 5.74) is 8.70. The van der Waals surface area contributed by atoms with Crippen LogP contribution >= 0.6 is 11.6 Å². The first-order valence-corrected chi connectivity index (χ1v) is 6.45. The Morgan fingerprint density at radius 2 is 2.00 bits per heavy atom. The van der Waals surface area contributed by atoms with Crippen LogP contribution in [0.1, 0.15) is 37.3 Å². The molecule has 86 valence electrons. The minimum atomic E-state index is 0.134. The van der Waals surface area contributed by atoms with Crippen molar-refractivity contribution >= 4 is 17.3 Å². The van der Waals surface area contributed by atoms with Gasteiger partial charge in [-0.05, 0) is 36.6 Å². The molecule has 0 amide bonds. The first-order chi connectivity index (χ1) is 7.75. The Balaban J connectivity index is 1.95. The van der Waals surface area contributed by atoms with Crippen LogP contribution in [-0.4, -0.2) is 12.6 Å². The van der Waals surface area contributed by atoms with Gasteiger partial charge in [-0.15, -0.1) is 0 Å². The van der Waals surface area contributed by atoms with Crippen LogP contribution in [0.4, 0.5) is 5.69 Å². The molecule has 2 N–H and O–H groups in total. The molecular weight excluding hydrogens is 220 g/mol. The first kappa shape index (κ1) is 10.4. The summed E-state index contributed by atoms with van der Waals surface area (Å²) in [6, 6.07) is 6.96. The van der Waals surface area contributed by atoms with E-state index in [1.54, 1.807) is 0 Å². The SMILES string of the molecule is N[C@H]1CN(C2CCCC2)c2ccc(Cl)cc21. The first-order valence-electron chi connectivity index (χ1n) is 6.07. The number of fused-ring (bicyclic) bond motifs is 1. The Morgan fingerprint density at radius 3 is 2.75 bits per heavy atom. The van der Waals surface area contributed by atoms with E-state index in [-0.39, 0.29) is 6.04 Å². The van der Waals surface area contributed by atoms with Gasteiger partial charge in [0.05, 0.1) is 0 Å². The molecule has 0 unspecified atom stereocenters. The van der Waals surface area contributed by atoms with Crippen LogP contribution in [-0.2, 0) is 0 Å². The quantitative estimate of drug-likeness (QED) is 0.812. The normalized spacial score (nSPS) is 25.1. The molecule has 1 aliphatic heterocycles. The zero-order valence-electron chi connectivity index (χ0n) is 9.32. The van der Waals surface area contributed by atoms with Crippen molar-refractivity contribution in [1.82, 2.24) is 0 Å². The molecule has 0 saturated heterocycles. The number of rotatable bonds is 1. The van der Waals surface area contributed by atoms with Crippen molar-refractivity contribution in [3.63, 3.8) is 0 Å². The molecule has 2 nitrogen and oxygen atoms in total. The second-order valence-electron chi connectivity index (χ2n) is 4.90. The average Bonchev–Trinajstić information content (AvgIpc) is 2.87. The fourth-order valence-corrected chi connectivity index (χ4v) is 3.23. The minimum absolute atomic E-state index is 0.134. The minimum Gasteiger partial charge on any atom is -0.366 e. The van der Waals surface area contributed by atoms with E-state index in [0.29, 0.717) is 6.04 Å². The van der Waals surface area contributed by atoms with Gasteiger partial charge in [-0.2, -0.15) is 0 Å². The maximum atomic E-state index is 6.17. The standard InChI is InChI=1S/C13H17ClN2/c14-9-5-6-13-11(7-9)12(15)8-16(13)10-3-1-2-4-10/h5-7,10,12H,1-4,8,15H2/t12-/m0/s1. The maximum absolute atomic E-state index is 6.17. The zero-order chi connectivity index (χ0) is 11.1. The molecule has 1 fully saturated rings. The Labute approximate surface area is 101 Å². The monoisotopic (exact) mass is 236 g/mol. The maximum Gasteiger partial charge on any atom is 0.0494 e. The van der Waals surface area contributed by atoms with Crippen LogP contribution in [0.5, 0.6) is 0 Å². The summed E-state index contributed by atoms with van der Waals surface area (Å²) in [6.07, 6.45) is 5.35. The second-order valence-corrected chi connectivity index (χ2v) is 5.34. The molecule has 0 radical (unpaired) electrons. The van der Waals surface area contributed by atoms with Crippen LogP contribution in [0.25, 0.3) is 0 Å². The second kappa shape index (κ2) is 3.94. The van der Waals surface area contributed by atoms with Crippen LogP contribution in [0, 0.1) is 0 Å². The number of nitrogens with zero attached hydrogens (tertiary/aromatic N) is 1. The fourth-order valence-electron chi connectivity index (χ4n) is 3.05. The molecule has 1 saturated carbocycles. The molecule has 0 aromatic heterocycles. The van der Waals surface area contributed by atoms with E-state index >= 15 is 0 Å².